The van der Waals surface area contributed by atoms with E-state index in [9.17, 15) is 23.1 Å². The molecule has 0 unspecified atom stereocenters. The SMILES string of the molecule is C[C@]1(C(=O)O)CCN(C(=O)c2ccccc2NS(C)(=O)=O)C1. The summed E-state index contributed by atoms with van der Waals surface area (Å²) in [6, 6.07) is 6.27. The number of carbonyl (C=O) groups excluding carboxylic acids is 1. The number of sulfonamides is 1. The summed E-state index contributed by atoms with van der Waals surface area (Å²) in [5.41, 5.74) is -0.559. The molecule has 0 aliphatic carbocycles. The molecule has 0 spiro atoms. The molecule has 1 atom stereocenters. The van der Waals surface area contributed by atoms with E-state index >= 15 is 0 Å². The van der Waals surface area contributed by atoms with Crippen molar-refractivity contribution in [2.45, 2.75) is 13.3 Å². The second-order valence-corrected chi connectivity index (χ2v) is 7.51. The van der Waals surface area contributed by atoms with Gasteiger partial charge in [0.05, 0.1) is 22.9 Å². The summed E-state index contributed by atoms with van der Waals surface area (Å²) < 4.78 is 25.1. The van der Waals surface area contributed by atoms with Gasteiger partial charge in [-0.1, -0.05) is 12.1 Å². The molecule has 22 heavy (non-hydrogen) atoms. The molecule has 1 aromatic carbocycles. The van der Waals surface area contributed by atoms with Crippen molar-refractivity contribution in [3.8, 4) is 0 Å². The molecule has 1 aromatic rings. The number of hydrogen-bond donors (Lipinski definition) is 2. The quantitative estimate of drug-likeness (QED) is 0.859. The van der Waals surface area contributed by atoms with E-state index in [-0.39, 0.29) is 23.7 Å². The first-order chi connectivity index (χ1) is 10.1. The number of benzene rings is 1. The number of para-hydroxylation sites is 1. The van der Waals surface area contributed by atoms with Crippen LogP contribution in [0.2, 0.25) is 0 Å². The molecule has 1 aliphatic rings. The molecular formula is C14H18N2O5S. The van der Waals surface area contributed by atoms with Gasteiger partial charge in [0, 0.05) is 13.1 Å². The van der Waals surface area contributed by atoms with Crippen LogP contribution in [-0.2, 0) is 14.8 Å². The Morgan fingerprint density at radius 2 is 1.95 bits per heavy atom. The van der Waals surface area contributed by atoms with Gasteiger partial charge in [-0.2, -0.15) is 0 Å². The van der Waals surface area contributed by atoms with Crippen molar-refractivity contribution in [1.29, 1.82) is 0 Å². The Morgan fingerprint density at radius 1 is 1.32 bits per heavy atom. The van der Waals surface area contributed by atoms with Crippen molar-refractivity contribution in [2.24, 2.45) is 5.41 Å². The number of hydrogen-bond acceptors (Lipinski definition) is 4. The molecule has 0 saturated carbocycles. The molecule has 1 fully saturated rings. The average Bonchev–Trinajstić information content (AvgIpc) is 2.81. The molecule has 0 aromatic heterocycles. The van der Waals surface area contributed by atoms with Gasteiger partial charge in [0.25, 0.3) is 5.91 Å². The Labute approximate surface area is 129 Å². The molecule has 2 rings (SSSR count). The summed E-state index contributed by atoms with van der Waals surface area (Å²) in [5, 5.41) is 9.22. The van der Waals surface area contributed by atoms with Gasteiger partial charge in [-0.15, -0.1) is 0 Å². The first kappa shape index (κ1) is 16.3. The van der Waals surface area contributed by atoms with Crippen LogP contribution in [0, 0.1) is 5.41 Å². The molecule has 7 nitrogen and oxygen atoms in total. The number of carboxylic acid groups (broad SMARTS) is 1. The molecule has 2 N–H and O–H groups in total. The number of aliphatic carboxylic acids is 1. The maximum atomic E-state index is 12.6. The predicted octanol–water partition coefficient (Wildman–Crippen LogP) is 0.995. The smallest absolute Gasteiger partial charge is 0.311 e. The predicted molar refractivity (Wildman–Crippen MR) is 81.2 cm³/mol. The molecule has 1 amide bonds. The zero-order valence-corrected chi connectivity index (χ0v) is 13.2. The zero-order valence-electron chi connectivity index (χ0n) is 12.4. The van der Waals surface area contributed by atoms with Crippen LogP contribution >= 0.6 is 0 Å². The van der Waals surface area contributed by atoms with Crippen molar-refractivity contribution in [3.63, 3.8) is 0 Å². The van der Waals surface area contributed by atoms with E-state index in [1.165, 1.54) is 17.0 Å². The van der Waals surface area contributed by atoms with Gasteiger partial charge in [-0.25, -0.2) is 8.42 Å². The van der Waals surface area contributed by atoms with Crippen molar-refractivity contribution in [1.82, 2.24) is 4.90 Å². The first-order valence-electron chi connectivity index (χ1n) is 6.72. The van der Waals surface area contributed by atoms with E-state index < -0.39 is 21.4 Å². The standard InChI is InChI=1S/C14H18N2O5S/c1-14(13(18)19)7-8-16(9-14)12(17)10-5-3-4-6-11(10)15-22(2,20)21/h3-6,15H,7-9H2,1-2H3,(H,18,19)/t14-/m0/s1. The highest BCUT2D eigenvalue weighted by molar-refractivity contribution is 7.92. The Bertz CT molecular complexity index is 716. The highest BCUT2D eigenvalue weighted by Gasteiger charge is 2.42. The van der Waals surface area contributed by atoms with Crippen molar-refractivity contribution in [2.75, 3.05) is 24.1 Å². The van der Waals surface area contributed by atoms with E-state index in [1.807, 2.05) is 0 Å². The summed E-state index contributed by atoms with van der Waals surface area (Å²) in [4.78, 5) is 25.3. The highest BCUT2D eigenvalue weighted by atomic mass is 32.2. The number of rotatable bonds is 4. The van der Waals surface area contributed by atoms with E-state index in [1.54, 1.807) is 19.1 Å². The van der Waals surface area contributed by atoms with Crippen molar-refractivity contribution < 1.29 is 23.1 Å². The first-order valence-corrected chi connectivity index (χ1v) is 8.61. The van der Waals surface area contributed by atoms with Gasteiger partial charge in [-0.3, -0.25) is 14.3 Å². The molecule has 8 heteroatoms. The maximum Gasteiger partial charge on any atom is 0.311 e. The number of carbonyl (C=O) groups is 2. The normalized spacial score (nSPS) is 21.6. The van der Waals surface area contributed by atoms with Gasteiger partial charge in [0.15, 0.2) is 0 Å². The summed E-state index contributed by atoms with van der Waals surface area (Å²) >= 11 is 0. The molecule has 0 radical (unpaired) electrons. The topological polar surface area (TPSA) is 104 Å². The van der Waals surface area contributed by atoms with Crippen LogP contribution < -0.4 is 4.72 Å². The average molecular weight is 326 g/mol. The van der Waals surface area contributed by atoms with Crippen molar-refractivity contribution in [3.05, 3.63) is 29.8 Å². The molecule has 120 valence electrons. The number of amides is 1. The molecular weight excluding hydrogens is 308 g/mol. The summed E-state index contributed by atoms with van der Waals surface area (Å²) in [5.74, 6) is -1.32. The Hall–Kier alpha value is -2.09. The van der Waals surface area contributed by atoms with Crippen LogP contribution in [0.15, 0.2) is 24.3 Å². The summed E-state index contributed by atoms with van der Waals surface area (Å²) in [6.07, 6.45) is 1.38. The third kappa shape index (κ3) is 3.38. The van der Waals surface area contributed by atoms with Gasteiger partial charge >= 0.3 is 5.97 Å². The minimum atomic E-state index is -3.51. The molecule has 1 aliphatic heterocycles. The van der Waals surface area contributed by atoms with E-state index in [0.717, 1.165) is 6.26 Å². The van der Waals surface area contributed by atoms with Gasteiger partial charge in [0.2, 0.25) is 10.0 Å². The lowest BCUT2D eigenvalue weighted by Gasteiger charge is -2.21. The highest BCUT2D eigenvalue weighted by Crippen LogP contribution is 2.32. The fourth-order valence-electron chi connectivity index (χ4n) is 2.44. The number of likely N-dealkylation sites (tertiary alicyclic amines) is 1. The molecule has 1 heterocycles. The number of anilines is 1. The van der Waals surface area contributed by atoms with Crippen molar-refractivity contribution >= 4 is 27.6 Å². The van der Waals surface area contributed by atoms with Gasteiger partial charge in [0.1, 0.15) is 0 Å². The monoisotopic (exact) mass is 326 g/mol. The largest absolute Gasteiger partial charge is 0.481 e. The van der Waals surface area contributed by atoms with Crippen LogP contribution in [-0.4, -0.2) is 49.6 Å². The number of carboxylic acids is 1. The van der Waals surface area contributed by atoms with Crippen LogP contribution in [0.3, 0.4) is 0 Å². The Morgan fingerprint density at radius 3 is 2.50 bits per heavy atom. The number of nitrogens with zero attached hydrogens (tertiary/aromatic N) is 1. The second-order valence-electron chi connectivity index (χ2n) is 5.76. The van der Waals surface area contributed by atoms with Crippen LogP contribution in [0.25, 0.3) is 0 Å². The van der Waals surface area contributed by atoms with Gasteiger partial charge < -0.3 is 10.0 Å². The fourth-order valence-corrected chi connectivity index (χ4v) is 3.02. The fraction of sp³-hybridized carbons (Fsp3) is 0.429. The zero-order chi connectivity index (χ0) is 16.5. The molecule has 1 saturated heterocycles. The van der Waals surface area contributed by atoms with Gasteiger partial charge in [-0.05, 0) is 25.5 Å². The Kier molecular flexibility index (Phi) is 4.15. The second kappa shape index (κ2) is 5.60. The van der Waals surface area contributed by atoms with E-state index in [0.29, 0.717) is 13.0 Å². The molecule has 0 bridgehead atoms. The van der Waals surface area contributed by atoms with Crippen LogP contribution in [0.5, 0.6) is 0 Å². The maximum absolute atomic E-state index is 12.6. The van der Waals surface area contributed by atoms with E-state index in [2.05, 4.69) is 4.72 Å². The minimum absolute atomic E-state index is 0.106. The lowest BCUT2D eigenvalue weighted by Crippen LogP contribution is -2.35. The summed E-state index contributed by atoms with van der Waals surface area (Å²) in [6.45, 7) is 2.03. The number of nitrogens with one attached hydrogen (secondary N) is 1. The third-order valence-electron chi connectivity index (χ3n) is 3.73. The summed E-state index contributed by atoms with van der Waals surface area (Å²) in [7, 11) is -3.51. The lowest BCUT2D eigenvalue weighted by molar-refractivity contribution is -0.147. The van der Waals surface area contributed by atoms with Crippen LogP contribution in [0.4, 0.5) is 5.69 Å². The Balaban J connectivity index is 2.26. The van der Waals surface area contributed by atoms with E-state index in [4.69, 9.17) is 0 Å². The lowest BCUT2D eigenvalue weighted by atomic mass is 9.90. The minimum Gasteiger partial charge on any atom is -0.481 e. The third-order valence-corrected chi connectivity index (χ3v) is 4.32. The van der Waals surface area contributed by atoms with Crippen LogP contribution in [0.1, 0.15) is 23.7 Å².